The number of carbonyl (C=O) groups excluding carboxylic acids is 1. The number of Topliss-reactive ketones (excluding diaryl/α,β-unsaturated/α-hetero) is 1. The maximum absolute atomic E-state index is 12.8. The second-order valence-corrected chi connectivity index (χ2v) is 6.67. The average Bonchev–Trinajstić information content (AvgIpc) is 2.47. The molecule has 0 N–H and O–H groups in total. The molecule has 0 spiro atoms. The lowest BCUT2D eigenvalue weighted by Gasteiger charge is -2.35. The lowest BCUT2D eigenvalue weighted by molar-refractivity contribution is -0.128. The third-order valence-corrected chi connectivity index (χ3v) is 4.10. The molecule has 2 nitrogen and oxygen atoms in total. The van der Waals surface area contributed by atoms with E-state index in [1.54, 1.807) is 0 Å². The fourth-order valence-corrected chi connectivity index (χ4v) is 2.73. The summed E-state index contributed by atoms with van der Waals surface area (Å²) in [5, 5.41) is 0. The van der Waals surface area contributed by atoms with Gasteiger partial charge >= 0.3 is 0 Å². The summed E-state index contributed by atoms with van der Waals surface area (Å²) in [6.07, 6.45) is 3.62. The van der Waals surface area contributed by atoms with E-state index in [2.05, 4.69) is 56.5 Å². The Morgan fingerprint density at radius 1 is 1.18 bits per heavy atom. The Morgan fingerprint density at radius 2 is 1.77 bits per heavy atom. The standard InChI is InChI=1S/C20H31NO/c1-7-8-13-21(16(4)5)19(20(22)15(2)3)14-18-11-9-17(6)10-12-18/h7,9-12,15-16,19H,1,8,13-14H2,2-6H3/t19-/m0/s1. The maximum Gasteiger partial charge on any atom is 0.152 e. The van der Waals surface area contributed by atoms with Crippen molar-refractivity contribution in [3.8, 4) is 0 Å². The van der Waals surface area contributed by atoms with Crippen LogP contribution in [0.15, 0.2) is 36.9 Å². The van der Waals surface area contributed by atoms with Gasteiger partial charge in [0.15, 0.2) is 5.78 Å². The van der Waals surface area contributed by atoms with Crippen LogP contribution in [-0.2, 0) is 11.2 Å². The lowest BCUT2D eigenvalue weighted by Crippen LogP contribution is -2.48. The molecule has 0 saturated carbocycles. The summed E-state index contributed by atoms with van der Waals surface area (Å²) in [5.41, 5.74) is 2.48. The number of carbonyl (C=O) groups is 1. The summed E-state index contributed by atoms with van der Waals surface area (Å²) in [6, 6.07) is 8.82. The molecule has 0 heterocycles. The van der Waals surface area contributed by atoms with Crippen molar-refractivity contribution in [3.05, 3.63) is 48.0 Å². The molecule has 2 heteroatoms. The first-order valence-corrected chi connectivity index (χ1v) is 8.32. The Hall–Kier alpha value is -1.41. The third-order valence-electron chi connectivity index (χ3n) is 4.10. The Balaban J connectivity index is 3.01. The van der Waals surface area contributed by atoms with E-state index in [4.69, 9.17) is 0 Å². The number of rotatable bonds is 9. The van der Waals surface area contributed by atoms with E-state index in [0.717, 1.165) is 19.4 Å². The molecule has 0 aliphatic rings. The second kappa shape index (κ2) is 8.89. The summed E-state index contributed by atoms with van der Waals surface area (Å²) in [7, 11) is 0. The zero-order valence-electron chi connectivity index (χ0n) is 14.8. The van der Waals surface area contributed by atoms with Gasteiger partial charge in [0.2, 0.25) is 0 Å². The molecule has 0 aliphatic heterocycles. The third kappa shape index (κ3) is 5.42. The van der Waals surface area contributed by atoms with E-state index in [9.17, 15) is 4.79 Å². The van der Waals surface area contributed by atoms with Gasteiger partial charge in [-0.1, -0.05) is 49.8 Å². The van der Waals surface area contributed by atoms with Gasteiger partial charge in [0.25, 0.3) is 0 Å². The predicted octanol–water partition coefficient (Wildman–Crippen LogP) is 4.42. The van der Waals surface area contributed by atoms with Gasteiger partial charge in [0.1, 0.15) is 0 Å². The minimum absolute atomic E-state index is 0.0531. The van der Waals surface area contributed by atoms with E-state index < -0.39 is 0 Å². The van der Waals surface area contributed by atoms with E-state index in [-0.39, 0.29) is 12.0 Å². The van der Waals surface area contributed by atoms with Crippen LogP contribution < -0.4 is 0 Å². The smallest absolute Gasteiger partial charge is 0.152 e. The molecule has 1 aromatic rings. The highest BCUT2D eigenvalue weighted by Gasteiger charge is 2.29. The molecule has 1 aromatic carbocycles. The molecule has 0 aromatic heterocycles. The van der Waals surface area contributed by atoms with Crippen molar-refractivity contribution < 1.29 is 4.79 Å². The highest BCUT2D eigenvalue weighted by Crippen LogP contribution is 2.18. The first kappa shape index (κ1) is 18.6. The number of hydrogen-bond donors (Lipinski definition) is 0. The van der Waals surface area contributed by atoms with Crippen LogP contribution in [0.2, 0.25) is 0 Å². The molecular formula is C20H31NO. The summed E-state index contributed by atoms with van der Waals surface area (Å²) in [5.74, 6) is 0.388. The minimum atomic E-state index is -0.0531. The van der Waals surface area contributed by atoms with Gasteiger partial charge in [-0.2, -0.15) is 0 Å². The van der Waals surface area contributed by atoms with Crippen LogP contribution in [0.25, 0.3) is 0 Å². The van der Waals surface area contributed by atoms with Gasteiger partial charge in [-0.15, -0.1) is 6.58 Å². The molecule has 0 aliphatic carbocycles. The van der Waals surface area contributed by atoms with E-state index in [0.29, 0.717) is 11.8 Å². The highest BCUT2D eigenvalue weighted by atomic mass is 16.1. The van der Waals surface area contributed by atoms with Crippen molar-refractivity contribution in [1.29, 1.82) is 0 Å². The van der Waals surface area contributed by atoms with Crippen LogP contribution in [0.4, 0.5) is 0 Å². The first-order valence-electron chi connectivity index (χ1n) is 8.32. The van der Waals surface area contributed by atoms with Crippen LogP contribution >= 0.6 is 0 Å². The van der Waals surface area contributed by atoms with Gasteiger partial charge in [-0.25, -0.2) is 0 Å². The second-order valence-electron chi connectivity index (χ2n) is 6.67. The number of ketones is 1. The fraction of sp³-hybridized carbons (Fsp3) is 0.550. The molecule has 122 valence electrons. The number of aryl methyl sites for hydroxylation is 1. The van der Waals surface area contributed by atoms with Gasteiger partial charge in [0.05, 0.1) is 6.04 Å². The average molecular weight is 301 g/mol. The van der Waals surface area contributed by atoms with Gasteiger partial charge in [-0.05, 0) is 39.2 Å². The minimum Gasteiger partial charge on any atom is -0.298 e. The normalized spacial score (nSPS) is 12.9. The molecule has 0 unspecified atom stereocenters. The molecule has 0 bridgehead atoms. The first-order chi connectivity index (χ1) is 10.4. The lowest BCUT2D eigenvalue weighted by atomic mass is 9.93. The maximum atomic E-state index is 12.8. The number of hydrogen-bond acceptors (Lipinski definition) is 2. The molecule has 1 rings (SSSR count). The Morgan fingerprint density at radius 3 is 2.23 bits per heavy atom. The Kier molecular flexibility index (Phi) is 7.53. The van der Waals surface area contributed by atoms with Crippen LogP contribution in [-0.4, -0.2) is 29.3 Å². The summed E-state index contributed by atoms with van der Waals surface area (Å²) in [6.45, 7) is 15.1. The van der Waals surface area contributed by atoms with Crippen molar-refractivity contribution >= 4 is 5.78 Å². The number of benzene rings is 1. The zero-order chi connectivity index (χ0) is 16.7. The van der Waals surface area contributed by atoms with Gasteiger partial charge < -0.3 is 0 Å². The van der Waals surface area contributed by atoms with E-state index >= 15 is 0 Å². The fourth-order valence-electron chi connectivity index (χ4n) is 2.73. The van der Waals surface area contributed by atoms with Gasteiger partial charge in [0, 0.05) is 18.5 Å². The molecule has 22 heavy (non-hydrogen) atoms. The quantitative estimate of drug-likeness (QED) is 0.629. The van der Waals surface area contributed by atoms with Crippen molar-refractivity contribution in [2.45, 2.75) is 59.5 Å². The van der Waals surface area contributed by atoms with Crippen LogP contribution in [0, 0.1) is 12.8 Å². The Labute approximate surface area is 136 Å². The van der Waals surface area contributed by atoms with Crippen molar-refractivity contribution in [1.82, 2.24) is 4.90 Å². The van der Waals surface area contributed by atoms with Crippen LogP contribution in [0.1, 0.15) is 45.2 Å². The van der Waals surface area contributed by atoms with Crippen molar-refractivity contribution in [2.24, 2.45) is 5.92 Å². The van der Waals surface area contributed by atoms with Crippen molar-refractivity contribution in [2.75, 3.05) is 6.54 Å². The predicted molar refractivity (Wildman–Crippen MR) is 95.2 cm³/mol. The SMILES string of the molecule is C=CCCN(C(C)C)[C@@H](Cc1ccc(C)cc1)C(=O)C(C)C. The molecule has 1 atom stereocenters. The monoisotopic (exact) mass is 301 g/mol. The topological polar surface area (TPSA) is 20.3 Å². The molecule has 0 saturated heterocycles. The summed E-state index contributed by atoms with van der Waals surface area (Å²) in [4.78, 5) is 15.1. The molecular weight excluding hydrogens is 270 g/mol. The molecule has 0 amide bonds. The molecule has 0 fully saturated rings. The molecule has 0 radical (unpaired) electrons. The van der Waals surface area contributed by atoms with Crippen LogP contribution in [0.5, 0.6) is 0 Å². The highest BCUT2D eigenvalue weighted by molar-refractivity contribution is 5.86. The summed E-state index contributed by atoms with van der Waals surface area (Å²) < 4.78 is 0. The van der Waals surface area contributed by atoms with Gasteiger partial charge in [-0.3, -0.25) is 9.69 Å². The Bertz CT molecular complexity index is 473. The summed E-state index contributed by atoms with van der Waals surface area (Å²) >= 11 is 0. The van der Waals surface area contributed by atoms with Crippen molar-refractivity contribution in [3.63, 3.8) is 0 Å². The number of nitrogens with zero attached hydrogens (tertiary/aromatic N) is 1. The van der Waals surface area contributed by atoms with E-state index in [1.165, 1.54) is 11.1 Å². The van der Waals surface area contributed by atoms with E-state index in [1.807, 2.05) is 19.9 Å². The van der Waals surface area contributed by atoms with Crippen LogP contribution in [0.3, 0.4) is 0 Å². The largest absolute Gasteiger partial charge is 0.298 e. The zero-order valence-corrected chi connectivity index (χ0v) is 14.8.